The number of aromatic nitrogens is 6. The first-order chi connectivity index (χ1) is 28.3. The number of likely N-dealkylation sites (tertiary alicyclic amines) is 2. The van der Waals surface area contributed by atoms with Crippen molar-refractivity contribution in [1.29, 1.82) is 0 Å². The Balaban J connectivity index is 1.03. The summed E-state index contributed by atoms with van der Waals surface area (Å²) in [6.07, 6.45) is 7.18. The second-order valence-electron chi connectivity index (χ2n) is 16.2. The highest BCUT2D eigenvalue weighted by Gasteiger charge is 2.39. The fourth-order valence-corrected chi connectivity index (χ4v) is 8.14. The fraction of sp³-hybridized carbons (Fsp3) is 0.442. The number of carbonyl (C=O) groups is 4. The maximum Gasteiger partial charge on any atom is 0.407 e. The number of methoxy groups -OCH3 is 1. The van der Waals surface area contributed by atoms with Crippen LogP contribution in [0.5, 0.6) is 0 Å². The molecule has 4 atom stereocenters. The number of aromatic amines is 2. The van der Waals surface area contributed by atoms with Crippen LogP contribution in [-0.2, 0) is 14.3 Å². The molecule has 0 saturated carbocycles. The SMILES string of the molecule is COC(=O)N[C@H](C(=O)N1CCC[C@H]1c1nc(-c2ccc(-c3cnc4cc(-c5cnc([C@@H]6CCCN6C(=O)[C@H](CC(C)C)N(C)C(=O)O)[nH]5)ccc4n3)cc2)c[nH]1)C(C)C. The van der Waals surface area contributed by atoms with Crippen molar-refractivity contribution in [3.8, 4) is 33.8 Å². The molecular weight excluding hydrogens is 753 g/mol. The Morgan fingerprint density at radius 3 is 2.14 bits per heavy atom. The molecule has 4 amide bonds. The number of nitrogens with one attached hydrogen (secondary N) is 3. The number of likely N-dealkylation sites (N-methyl/N-ethyl adjacent to an activating group) is 1. The van der Waals surface area contributed by atoms with E-state index in [0.717, 1.165) is 69.9 Å². The molecule has 2 saturated heterocycles. The number of hydrogen-bond acceptors (Lipinski definition) is 9. The normalized spacial score (nSPS) is 17.8. The van der Waals surface area contributed by atoms with Gasteiger partial charge in [-0.3, -0.25) is 19.5 Å². The van der Waals surface area contributed by atoms with Gasteiger partial charge in [0.1, 0.15) is 23.7 Å². The lowest BCUT2D eigenvalue weighted by molar-refractivity contribution is -0.137. The van der Waals surface area contributed by atoms with Crippen LogP contribution in [0, 0.1) is 11.8 Å². The Morgan fingerprint density at radius 1 is 0.847 bits per heavy atom. The third kappa shape index (κ3) is 8.61. The van der Waals surface area contributed by atoms with Crippen molar-refractivity contribution in [2.75, 3.05) is 27.2 Å². The number of benzene rings is 2. The Hall–Kier alpha value is -6.32. The number of amides is 4. The molecule has 0 radical (unpaired) electrons. The summed E-state index contributed by atoms with van der Waals surface area (Å²) in [6.45, 7) is 8.88. The lowest BCUT2D eigenvalue weighted by atomic mass is 10.0. The smallest absolute Gasteiger partial charge is 0.407 e. The van der Waals surface area contributed by atoms with Crippen LogP contribution in [0.3, 0.4) is 0 Å². The summed E-state index contributed by atoms with van der Waals surface area (Å²) in [5.74, 6) is 1.06. The average Bonchev–Trinajstić information content (AvgIpc) is 4.07. The minimum Gasteiger partial charge on any atom is -0.465 e. The number of H-pyrrole nitrogens is 2. The molecule has 16 nitrogen and oxygen atoms in total. The van der Waals surface area contributed by atoms with Crippen molar-refractivity contribution in [1.82, 2.24) is 49.9 Å². The van der Waals surface area contributed by atoms with Crippen LogP contribution in [0.15, 0.2) is 61.1 Å². The Labute approximate surface area is 342 Å². The van der Waals surface area contributed by atoms with Crippen molar-refractivity contribution < 1.29 is 29.0 Å². The molecule has 0 bridgehead atoms. The predicted octanol–water partition coefficient (Wildman–Crippen LogP) is 6.81. The van der Waals surface area contributed by atoms with Gasteiger partial charge >= 0.3 is 12.2 Å². The molecule has 2 fully saturated rings. The minimum absolute atomic E-state index is 0.116. The van der Waals surface area contributed by atoms with E-state index in [0.29, 0.717) is 36.7 Å². The van der Waals surface area contributed by atoms with Crippen LogP contribution < -0.4 is 5.32 Å². The van der Waals surface area contributed by atoms with Crippen LogP contribution in [-0.4, -0.2) is 113 Å². The first-order valence-electron chi connectivity index (χ1n) is 20.2. The van der Waals surface area contributed by atoms with Gasteiger partial charge in [0.15, 0.2) is 0 Å². The number of rotatable bonds is 12. The van der Waals surface area contributed by atoms with Crippen molar-refractivity contribution in [3.63, 3.8) is 0 Å². The van der Waals surface area contributed by atoms with Crippen molar-refractivity contribution in [2.24, 2.45) is 11.8 Å². The van der Waals surface area contributed by atoms with Gasteiger partial charge < -0.3 is 34.9 Å². The van der Waals surface area contributed by atoms with Gasteiger partial charge in [-0.2, -0.15) is 0 Å². The highest BCUT2D eigenvalue weighted by Crippen LogP contribution is 2.35. The summed E-state index contributed by atoms with van der Waals surface area (Å²) >= 11 is 0. The molecular formula is C43H52N10O6. The maximum atomic E-state index is 13.7. The average molecular weight is 805 g/mol. The van der Waals surface area contributed by atoms with E-state index in [2.05, 4.69) is 20.3 Å². The summed E-state index contributed by atoms with van der Waals surface area (Å²) in [6, 6.07) is 11.8. The molecule has 7 rings (SSSR count). The highest BCUT2D eigenvalue weighted by molar-refractivity contribution is 5.87. The summed E-state index contributed by atoms with van der Waals surface area (Å²) in [7, 11) is 2.74. The van der Waals surface area contributed by atoms with Gasteiger partial charge in [0.2, 0.25) is 11.8 Å². The molecule has 5 aromatic rings. The van der Waals surface area contributed by atoms with Crippen LogP contribution >= 0.6 is 0 Å². The first-order valence-corrected chi connectivity index (χ1v) is 20.2. The maximum absolute atomic E-state index is 13.7. The number of imidazole rings is 2. The van der Waals surface area contributed by atoms with E-state index in [9.17, 15) is 24.3 Å². The van der Waals surface area contributed by atoms with Gasteiger partial charge in [-0.05, 0) is 56.1 Å². The molecule has 5 heterocycles. The zero-order valence-corrected chi connectivity index (χ0v) is 34.3. The molecule has 0 spiro atoms. The third-order valence-electron chi connectivity index (χ3n) is 11.4. The van der Waals surface area contributed by atoms with Gasteiger partial charge in [0.25, 0.3) is 0 Å². The summed E-state index contributed by atoms with van der Waals surface area (Å²) in [4.78, 5) is 81.6. The second kappa shape index (κ2) is 17.3. The molecule has 2 aliphatic heterocycles. The fourth-order valence-electron chi connectivity index (χ4n) is 8.14. The van der Waals surface area contributed by atoms with Crippen LogP contribution in [0.1, 0.15) is 83.5 Å². The van der Waals surface area contributed by atoms with E-state index < -0.39 is 24.3 Å². The molecule has 2 aliphatic rings. The number of carboxylic acid groups (broad SMARTS) is 1. The Kier molecular flexibility index (Phi) is 12.0. The lowest BCUT2D eigenvalue weighted by Crippen LogP contribution is -2.51. The molecule has 0 aliphatic carbocycles. The van der Waals surface area contributed by atoms with E-state index in [1.54, 1.807) is 22.2 Å². The number of hydrogen-bond donors (Lipinski definition) is 4. The van der Waals surface area contributed by atoms with Crippen molar-refractivity contribution in [3.05, 3.63) is 72.7 Å². The molecule has 2 aromatic carbocycles. The lowest BCUT2D eigenvalue weighted by Gasteiger charge is -2.32. The summed E-state index contributed by atoms with van der Waals surface area (Å²) in [5, 5.41) is 12.4. The summed E-state index contributed by atoms with van der Waals surface area (Å²) < 4.78 is 4.75. The number of fused-ring (bicyclic) bond motifs is 1. The van der Waals surface area contributed by atoms with E-state index in [1.807, 2.05) is 76.4 Å². The van der Waals surface area contributed by atoms with Gasteiger partial charge in [-0.1, -0.05) is 58.0 Å². The van der Waals surface area contributed by atoms with E-state index in [1.165, 1.54) is 14.2 Å². The molecule has 59 heavy (non-hydrogen) atoms. The largest absolute Gasteiger partial charge is 0.465 e. The molecule has 16 heteroatoms. The second-order valence-corrected chi connectivity index (χ2v) is 16.2. The van der Waals surface area contributed by atoms with Crippen molar-refractivity contribution in [2.45, 2.75) is 84.0 Å². The van der Waals surface area contributed by atoms with Crippen LogP contribution in [0.25, 0.3) is 44.8 Å². The monoisotopic (exact) mass is 804 g/mol. The molecule has 3 aromatic heterocycles. The van der Waals surface area contributed by atoms with Gasteiger partial charge in [0.05, 0.1) is 59.7 Å². The molecule has 310 valence electrons. The first kappa shape index (κ1) is 40.9. The number of nitrogens with zero attached hydrogens (tertiary/aromatic N) is 7. The Bertz CT molecular complexity index is 2320. The molecule has 0 unspecified atom stereocenters. The zero-order valence-electron chi connectivity index (χ0n) is 34.3. The molecule has 4 N–H and O–H groups in total. The highest BCUT2D eigenvalue weighted by atomic mass is 16.5. The third-order valence-corrected chi connectivity index (χ3v) is 11.4. The van der Waals surface area contributed by atoms with Gasteiger partial charge in [-0.15, -0.1) is 0 Å². The Morgan fingerprint density at radius 2 is 1.49 bits per heavy atom. The van der Waals surface area contributed by atoms with Gasteiger partial charge in [-0.25, -0.2) is 24.5 Å². The quantitative estimate of drug-likeness (QED) is 0.104. The van der Waals surface area contributed by atoms with E-state index in [4.69, 9.17) is 19.7 Å². The van der Waals surface area contributed by atoms with E-state index >= 15 is 0 Å². The minimum atomic E-state index is -1.12. The summed E-state index contributed by atoms with van der Waals surface area (Å²) in [5.41, 5.74) is 6.39. The van der Waals surface area contributed by atoms with Crippen molar-refractivity contribution >= 4 is 35.0 Å². The van der Waals surface area contributed by atoms with Crippen LogP contribution in [0.4, 0.5) is 9.59 Å². The number of alkyl carbamates (subject to hydrolysis) is 1. The predicted molar refractivity (Wildman–Crippen MR) is 221 cm³/mol. The van der Waals surface area contributed by atoms with E-state index in [-0.39, 0.29) is 35.7 Å². The zero-order chi connectivity index (χ0) is 42.0. The number of ether oxygens (including phenoxy) is 1. The number of carbonyl (C=O) groups excluding carboxylic acids is 3. The topological polar surface area (TPSA) is 203 Å². The standard InChI is InChI=1S/C43H52N10O6/c1-24(2)19-36(51(5)43(57)58)40(54)52-17-7-9-34(52)38-46-23-33(49-38)28-15-16-29-30(20-28)44-21-31(47-29)26-11-13-27(14-12-26)32-22-45-39(48-32)35-10-8-18-53(35)41(55)37(25(3)4)50-42(56)59-6/h11-16,20-25,34-37H,7-10,17-19H2,1-6H3,(H,45,48)(H,46,49)(H,50,56)(H,57,58)/t34-,35-,36-,37-/m0/s1. The van der Waals surface area contributed by atoms with Gasteiger partial charge in [0, 0.05) is 43.0 Å². The van der Waals surface area contributed by atoms with Crippen LogP contribution in [0.2, 0.25) is 0 Å².